The average Bonchev–Trinajstić information content (AvgIpc) is 2.71. The average molecular weight is 442 g/mol. The minimum atomic E-state index is -0.354. The molecule has 0 radical (unpaired) electrons. The van der Waals surface area contributed by atoms with Gasteiger partial charge >= 0.3 is 0 Å². The van der Waals surface area contributed by atoms with Gasteiger partial charge in [0.15, 0.2) is 0 Å². The fourth-order valence-electron chi connectivity index (χ4n) is 2.61. The second-order valence-electron chi connectivity index (χ2n) is 6.49. The van der Waals surface area contributed by atoms with Crippen LogP contribution in [0.2, 0.25) is 0 Å². The van der Waals surface area contributed by atoms with E-state index in [1.54, 1.807) is 36.4 Å². The van der Waals surface area contributed by atoms with E-state index in [2.05, 4.69) is 23.3 Å². The van der Waals surface area contributed by atoms with E-state index in [9.17, 15) is 14.0 Å². The molecule has 0 fully saturated rings. The van der Waals surface area contributed by atoms with Crippen LogP contribution in [0.3, 0.4) is 0 Å². The number of halogens is 1. The maximum atomic E-state index is 12.3. The van der Waals surface area contributed by atoms with E-state index < -0.39 is 0 Å². The van der Waals surface area contributed by atoms with Crippen molar-refractivity contribution < 1.29 is 14.0 Å². The maximum Gasteiger partial charge on any atom is 0.255 e. The lowest BCUT2D eigenvalue weighted by atomic mass is 10.1. The van der Waals surface area contributed by atoms with Crippen molar-refractivity contribution in [3.05, 3.63) is 78.1 Å². The number of carbonyl (C=O) groups is 2. The zero-order valence-corrected chi connectivity index (χ0v) is 17.8. The van der Waals surface area contributed by atoms with Crippen LogP contribution in [-0.4, -0.2) is 17.1 Å². The van der Waals surface area contributed by atoms with Crippen LogP contribution in [-0.2, 0) is 4.79 Å². The Hall–Kier alpha value is -2.97. The highest BCUT2D eigenvalue weighted by atomic mass is 32.2. The minimum absolute atomic E-state index is 0.0437. The molecule has 1 aliphatic heterocycles. The summed E-state index contributed by atoms with van der Waals surface area (Å²) in [5.74, 6) is -0.620. The number of para-hydroxylation sites is 1. The molecule has 5 nitrogen and oxygen atoms in total. The molecule has 1 atom stereocenters. The Bertz CT molecular complexity index is 1070. The first kappa shape index (κ1) is 21.7. The van der Waals surface area contributed by atoms with Gasteiger partial charge in [-0.1, -0.05) is 18.2 Å². The summed E-state index contributed by atoms with van der Waals surface area (Å²) in [5, 5.41) is 5.52. The van der Waals surface area contributed by atoms with Crippen LogP contribution in [0, 0.1) is 5.82 Å². The van der Waals surface area contributed by atoms with Gasteiger partial charge in [-0.2, -0.15) is 0 Å². The number of thiol groups is 1. The van der Waals surface area contributed by atoms with Gasteiger partial charge in [0.2, 0.25) is 5.91 Å². The van der Waals surface area contributed by atoms with Crippen molar-refractivity contribution in [3.63, 3.8) is 0 Å². The Morgan fingerprint density at radius 3 is 2.57 bits per heavy atom. The molecule has 1 aliphatic rings. The molecule has 0 aliphatic carbocycles. The van der Waals surface area contributed by atoms with Gasteiger partial charge in [0.25, 0.3) is 5.91 Å². The molecule has 0 bridgehead atoms. The lowest BCUT2D eigenvalue weighted by molar-refractivity contribution is -0.115. The van der Waals surface area contributed by atoms with Crippen molar-refractivity contribution in [2.24, 2.45) is 0 Å². The lowest BCUT2D eigenvalue weighted by Gasteiger charge is -2.21. The molecule has 1 heterocycles. The fraction of sp³-hybridized carbons (Fsp3) is 0.0909. The number of rotatable bonds is 2. The number of benzene rings is 3. The Balaban J connectivity index is 0.000000269. The molecule has 3 aromatic carbocycles. The standard InChI is InChI=1S/C16H14N2O2S2.C6H6FN/c1-9-15(19)18-13-7-10(5-6-14(13)22-9)16(20)17-11-3-2-4-12(21)8-11;7-5-3-1-2-4-6(5)8/h2-9,21H,1H3,(H,17,20)(H,18,19);1-4H,8H2. The van der Waals surface area contributed by atoms with Crippen LogP contribution < -0.4 is 16.4 Å². The van der Waals surface area contributed by atoms with Crippen LogP contribution in [0.15, 0.2) is 76.5 Å². The van der Waals surface area contributed by atoms with Gasteiger partial charge in [-0.3, -0.25) is 9.59 Å². The van der Waals surface area contributed by atoms with E-state index in [1.165, 1.54) is 23.9 Å². The van der Waals surface area contributed by atoms with E-state index in [0.29, 0.717) is 16.9 Å². The SMILES string of the molecule is CC1Sc2ccc(C(=O)Nc3cccc(S)c3)cc2NC1=O.Nc1ccccc1F. The number of hydrogen-bond donors (Lipinski definition) is 4. The summed E-state index contributed by atoms with van der Waals surface area (Å²) in [5.41, 5.74) is 7.21. The number of nitrogen functional groups attached to an aromatic ring is 1. The molecule has 4 N–H and O–H groups in total. The van der Waals surface area contributed by atoms with Gasteiger partial charge in [-0.05, 0) is 55.5 Å². The smallest absolute Gasteiger partial charge is 0.255 e. The number of anilines is 3. The molecule has 154 valence electrons. The van der Waals surface area contributed by atoms with Crippen LogP contribution in [0.5, 0.6) is 0 Å². The molecule has 3 aromatic rings. The van der Waals surface area contributed by atoms with Crippen molar-refractivity contribution in [2.45, 2.75) is 22.0 Å². The second kappa shape index (κ2) is 9.69. The third kappa shape index (κ3) is 5.55. The van der Waals surface area contributed by atoms with E-state index >= 15 is 0 Å². The van der Waals surface area contributed by atoms with Gasteiger partial charge < -0.3 is 16.4 Å². The minimum Gasteiger partial charge on any atom is -0.396 e. The topological polar surface area (TPSA) is 84.2 Å². The van der Waals surface area contributed by atoms with Crippen molar-refractivity contribution in [1.82, 2.24) is 0 Å². The van der Waals surface area contributed by atoms with Gasteiger partial charge in [0, 0.05) is 21.0 Å². The van der Waals surface area contributed by atoms with Gasteiger partial charge in [-0.15, -0.1) is 24.4 Å². The number of nitrogens with one attached hydrogen (secondary N) is 2. The Labute approximate surface area is 183 Å². The highest BCUT2D eigenvalue weighted by molar-refractivity contribution is 8.00. The maximum absolute atomic E-state index is 12.3. The van der Waals surface area contributed by atoms with Crippen molar-refractivity contribution in [3.8, 4) is 0 Å². The Morgan fingerprint density at radius 2 is 1.90 bits per heavy atom. The molecule has 0 spiro atoms. The predicted molar refractivity (Wildman–Crippen MR) is 123 cm³/mol. The van der Waals surface area contributed by atoms with Crippen LogP contribution in [0.4, 0.5) is 21.5 Å². The first-order chi connectivity index (χ1) is 14.3. The van der Waals surface area contributed by atoms with Gasteiger partial charge in [-0.25, -0.2) is 4.39 Å². The summed E-state index contributed by atoms with van der Waals surface area (Å²) in [6, 6.07) is 18.7. The summed E-state index contributed by atoms with van der Waals surface area (Å²) in [6.45, 7) is 1.86. The van der Waals surface area contributed by atoms with E-state index in [-0.39, 0.29) is 28.6 Å². The lowest BCUT2D eigenvalue weighted by Crippen LogP contribution is -2.26. The van der Waals surface area contributed by atoms with Crippen LogP contribution >= 0.6 is 24.4 Å². The molecule has 2 amide bonds. The molecule has 30 heavy (non-hydrogen) atoms. The van der Waals surface area contributed by atoms with Crippen LogP contribution in [0.25, 0.3) is 0 Å². The van der Waals surface area contributed by atoms with Gasteiger partial charge in [0.1, 0.15) is 5.82 Å². The monoisotopic (exact) mass is 441 g/mol. The second-order valence-corrected chi connectivity index (χ2v) is 8.39. The van der Waals surface area contributed by atoms with E-state index in [1.807, 2.05) is 25.1 Å². The zero-order valence-electron chi connectivity index (χ0n) is 16.1. The first-order valence-corrected chi connectivity index (χ1v) is 10.4. The summed E-state index contributed by atoms with van der Waals surface area (Å²) in [7, 11) is 0. The Kier molecular flexibility index (Phi) is 7.02. The molecule has 8 heteroatoms. The zero-order chi connectivity index (χ0) is 21.7. The third-order valence-electron chi connectivity index (χ3n) is 4.18. The summed E-state index contributed by atoms with van der Waals surface area (Å²) < 4.78 is 12.2. The predicted octanol–water partition coefficient (Wildman–Crippen LogP) is 5.07. The Morgan fingerprint density at radius 1 is 1.13 bits per heavy atom. The molecular weight excluding hydrogens is 421 g/mol. The largest absolute Gasteiger partial charge is 0.396 e. The molecule has 4 rings (SSSR count). The normalized spacial score (nSPS) is 14.6. The van der Waals surface area contributed by atoms with Crippen LogP contribution in [0.1, 0.15) is 17.3 Å². The number of hydrogen-bond acceptors (Lipinski definition) is 5. The number of nitrogens with two attached hydrogens (primary N) is 1. The molecule has 0 saturated carbocycles. The molecule has 1 unspecified atom stereocenters. The van der Waals surface area contributed by atoms with E-state index in [0.717, 1.165) is 9.79 Å². The number of amides is 2. The summed E-state index contributed by atoms with van der Waals surface area (Å²) in [6.07, 6.45) is 0. The first-order valence-electron chi connectivity index (χ1n) is 9.05. The molecular formula is C22H20FN3O2S2. The molecule has 0 aromatic heterocycles. The van der Waals surface area contributed by atoms with E-state index in [4.69, 9.17) is 5.73 Å². The van der Waals surface area contributed by atoms with Gasteiger partial charge in [0.05, 0.1) is 16.6 Å². The summed E-state index contributed by atoms with van der Waals surface area (Å²) in [4.78, 5) is 25.8. The highest BCUT2D eigenvalue weighted by Gasteiger charge is 2.23. The fourth-order valence-corrected chi connectivity index (χ4v) is 3.77. The van der Waals surface area contributed by atoms with Crippen molar-refractivity contribution >= 4 is 53.3 Å². The summed E-state index contributed by atoms with van der Waals surface area (Å²) >= 11 is 5.74. The number of thioether (sulfide) groups is 1. The van der Waals surface area contributed by atoms with Crippen molar-refractivity contribution in [2.75, 3.05) is 16.4 Å². The van der Waals surface area contributed by atoms with Crippen molar-refractivity contribution in [1.29, 1.82) is 0 Å². The quantitative estimate of drug-likeness (QED) is 0.331. The number of fused-ring (bicyclic) bond motifs is 1. The number of carbonyl (C=O) groups excluding carboxylic acids is 2. The highest BCUT2D eigenvalue weighted by Crippen LogP contribution is 2.36. The third-order valence-corrected chi connectivity index (χ3v) is 5.64. The molecule has 0 saturated heterocycles.